The molecular formula is C8H6BrClN2. The summed E-state index contributed by atoms with van der Waals surface area (Å²) in [6.07, 6.45) is 1.66. The second-order valence-corrected chi connectivity index (χ2v) is 3.79. The number of aryl methyl sites for hydroxylation is 1. The number of nitrogens with one attached hydrogen (secondary N) is 1. The maximum atomic E-state index is 6.01. The van der Waals surface area contributed by atoms with Gasteiger partial charge in [0.2, 0.25) is 0 Å². The van der Waals surface area contributed by atoms with E-state index in [1.54, 1.807) is 6.33 Å². The van der Waals surface area contributed by atoms with E-state index >= 15 is 0 Å². The van der Waals surface area contributed by atoms with E-state index in [9.17, 15) is 0 Å². The third kappa shape index (κ3) is 1.04. The minimum absolute atomic E-state index is 0.731. The fraction of sp³-hybridized carbons (Fsp3) is 0.125. The molecule has 4 heteroatoms. The molecule has 2 aromatic rings. The maximum Gasteiger partial charge on any atom is 0.104 e. The maximum absolute atomic E-state index is 6.01. The highest BCUT2D eigenvalue weighted by Crippen LogP contribution is 2.31. The number of hydrogen-bond donors (Lipinski definition) is 1. The number of nitrogens with zero attached hydrogens (tertiary/aromatic N) is 1. The zero-order chi connectivity index (χ0) is 8.72. The van der Waals surface area contributed by atoms with Crippen LogP contribution in [0.25, 0.3) is 11.0 Å². The minimum atomic E-state index is 0.731. The van der Waals surface area contributed by atoms with Crippen molar-refractivity contribution in [3.8, 4) is 0 Å². The van der Waals surface area contributed by atoms with Gasteiger partial charge >= 0.3 is 0 Å². The quantitative estimate of drug-likeness (QED) is 0.758. The molecule has 0 fully saturated rings. The Bertz CT molecular complexity index is 436. The molecule has 0 aliphatic heterocycles. The van der Waals surface area contributed by atoms with Crippen LogP contribution in [0.3, 0.4) is 0 Å². The van der Waals surface area contributed by atoms with E-state index < -0.39 is 0 Å². The number of aromatic nitrogens is 2. The van der Waals surface area contributed by atoms with E-state index in [0.29, 0.717) is 0 Å². The summed E-state index contributed by atoms with van der Waals surface area (Å²) in [7, 11) is 0. The molecule has 0 atom stereocenters. The Kier molecular flexibility index (Phi) is 1.85. The van der Waals surface area contributed by atoms with Crippen molar-refractivity contribution >= 4 is 38.6 Å². The van der Waals surface area contributed by atoms with Crippen LogP contribution in [0.4, 0.5) is 0 Å². The minimum Gasteiger partial charge on any atom is -0.345 e. The van der Waals surface area contributed by atoms with E-state index in [4.69, 9.17) is 11.6 Å². The molecule has 12 heavy (non-hydrogen) atoms. The van der Waals surface area contributed by atoms with Gasteiger partial charge in [0.05, 0.1) is 21.3 Å². The smallest absolute Gasteiger partial charge is 0.104 e. The van der Waals surface area contributed by atoms with E-state index in [2.05, 4.69) is 25.9 Å². The summed E-state index contributed by atoms with van der Waals surface area (Å²) in [5, 5.41) is 0.731. The summed E-state index contributed by atoms with van der Waals surface area (Å²) >= 11 is 9.41. The molecule has 0 bridgehead atoms. The topological polar surface area (TPSA) is 28.7 Å². The second kappa shape index (κ2) is 2.75. The molecule has 62 valence electrons. The van der Waals surface area contributed by atoms with Gasteiger partial charge in [-0.2, -0.15) is 0 Å². The van der Waals surface area contributed by atoms with Crippen molar-refractivity contribution in [1.82, 2.24) is 9.97 Å². The van der Waals surface area contributed by atoms with Crippen LogP contribution >= 0.6 is 27.5 Å². The fourth-order valence-corrected chi connectivity index (χ4v) is 1.92. The number of H-pyrrole nitrogens is 1. The van der Waals surface area contributed by atoms with Crippen molar-refractivity contribution < 1.29 is 0 Å². The van der Waals surface area contributed by atoms with Crippen LogP contribution < -0.4 is 0 Å². The molecule has 0 unspecified atom stereocenters. The lowest BCUT2D eigenvalue weighted by Gasteiger charge is -2.00. The number of fused-ring (bicyclic) bond motifs is 1. The standard InChI is InChI=1S/C8H6BrClN2/c1-4-2-5-8(12-3-11-5)6(9)7(4)10/h2-3H,1H3,(H,11,12). The second-order valence-electron chi connectivity index (χ2n) is 2.62. The highest BCUT2D eigenvalue weighted by atomic mass is 79.9. The molecule has 0 radical (unpaired) electrons. The van der Waals surface area contributed by atoms with E-state index in [1.165, 1.54) is 0 Å². The van der Waals surface area contributed by atoms with Crippen molar-refractivity contribution in [3.63, 3.8) is 0 Å². The largest absolute Gasteiger partial charge is 0.345 e. The molecule has 0 aliphatic carbocycles. The summed E-state index contributed by atoms with van der Waals surface area (Å²) in [6.45, 7) is 1.97. The van der Waals surface area contributed by atoms with E-state index in [1.807, 2.05) is 13.0 Å². The molecule has 0 amide bonds. The summed E-state index contributed by atoms with van der Waals surface area (Å²) in [4.78, 5) is 7.16. The summed E-state index contributed by atoms with van der Waals surface area (Å²) in [5.41, 5.74) is 2.93. The number of imidazole rings is 1. The molecule has 0 aliphatic rings. The van der Waals surface area contributed by atoms with Crippen molar-refractivity contribution in [2.24, 2.45) is 0 Å². The first-order valence-corrected chi connectivity index (χ1v) is 4.65. The molecule has 0 spiro atoms. The molecule has 1 aromatic heterocycles. The van der Waals surface area contributed by atoms with Crippen LogP contribution in [0.5, 0.6) is 0 Å². The lowest BCUT2D eigenvalue weighted by Crippen LogP contribution is -1.79. The van der Waals surface area contributed by atoms with Crippen molar-refractivity contribution in [2.45, 2.75) is 6.92 Å². The lowest BCUT2D eigenvalue weighted by atomic mass is 10.2. The molecule has 0 saturated heterocycles. The first-order valence-electron chi connectivity index (χ1n) is 3.48. The Morgan fingerprint density at radius 3 is 3.08 bits per heavy atom. The summed E-state index contributed by atoms with van der Waals surface area (Å²) < 4.78 is 0.861. The van der Waals surface area contributed by atoms with Gasteiger partial charge in [-0.25, -0.2) is 4.98 Å². The van der Waals surface area contributed by atoms with Crippen molar-refractivity contribution in [1.29, 1.82) is 0 Å². The number of aromatic amines is 1. The first kappa shape index (κ1) is 8.08. The molecule has 1 N–H and O–H groups in total. The Morgan fingerprint density at radius 2 is 2.33 bits per heavy atom. The monoisotopic (exact) mass is 244 g/mol. The average Bonchev–Trinajstić information content (AvgIpc) is 2.48. The van der Waals surface area contributed by atoms with E-state index in [0.717, 1.165) is 26.1 Å². The van der Waals surface area contributed by atoms with Crippen LogP contribution in [-0.4, -0.2) is 9.97 Å². The molecular weight excluding hydrogens is 239 g/mol. The zero-order valence-corrected chi connectivity index (χ0v) is 8.70. The van der Waals surface area contributed by atoms with Gasteiger partial charge in [0.1, 0.15) is 5.52 Å². The van der Waals surface area contributed by atoms with Gasteiger partial charge in [-0.15, -0.1) is 0 Å². The molecule has 0 saturated carbocycles. The molecule has 1 heterocycles. The van der Waals surface area contributed by atoms with Gasteiger partial charge in [-0.05, 0) is 34.5 Å². The van der Waals surface area contributed by atoms with Gasteiger partial charge in [0.25, 0.3) is 0 Å². The van der Waals surface area contributed by atoms with Gasteiger partial charge in [0.15, 0.2) is 0 Å². The van der Waals surface area contributed by atoms with E-state index in [-0.39, 0.29) is 0 Å². The molecule has 1 aromatic carbocycles. The number of halogens is 2. The average molecular weight is 246 g/mol. The highest BCUT2D eigenvalue weighted by Gasteiger charge is 2.07. The first-order chi connectivity index (χ1) is 5.70. The number of hydrogen-bond acceptors (Lipinski definition) is 1. The fourth-order valence-electron chi connectivity index (χ4n) is 1.15. The summed E-state index contributed by atoms with van der Waals surface area (Å²) in [5.74, 6) is 0. The Hall–Kier alpha value is -0.540. The Morgan fingerprint density at radius 1 is 1.58 bits per heavy atom. The molecule has 2 nitrogen and oxygen atoms in total. The third-order valence-electron chi connectivity index (χ3n) is 1.78. The lowest BCUT2D eigenvalue weighted by molar-refractivity contribution is 1.34. The number of benzene rings is 1. The van der Waals surface area contributed by atoms with Crippen molar-refractivity contribution in [3.05, 3.63) is 27.5 Å². The Labute approximate surface area is 83.1 Å². The van der Waals surface area contributed by atoms with Gasteiger partial charge in [0, 0.05) is 0 Å². The molecule has 2 rings (SSSR count). The van der Waals surface area contributed by atoms with Crippen LogP contribution in [-0.2, 0) is 0 Å². The van der Waals surface area contributed by atoms with Crippen LogP contribution in [0.1, 0.15) is 5.56 Å². The third-order valence-corrected chi connectivity index (χ3v) is 3.26. The van der Waals surface area contributed by atoms with Gasteiger partial charge in [-0.1, -0.05) is 11.6 Å². The Balaban J connectivity index is 2.94. The van der Waals surface area contributed by atoms with Gasteiger partial charge in [-0.3, -0.25) is 0 Å². The van der Waals surface area contributed by atoms with Crippen LogP contribution in [0.2, 0.25) is 5.02 Å². The van der Waals surface area contributed by atoms with Crippen LogP contribution in [0, 0.1) is 6.92 Å². The summed E-state index contributed by atoms with van der Waals surface area (Å²) in [6, 6.07) is 1.98. The highest BCUT2D eigenvalue weighted by molar-refractivity contribution is 9.10. The normalized spacial score (nSPS) is 10.9. The number of rotatable bonds is 0. The van der Waals surface area contributed by atoms with Gasteiger partial charge < -0.3 is 4.98 Å². The predicted molar refractivity (Wildman–Crippen MR) is 53.5 cm³/mol. The zero-order valence-electron chi connectivity index (χ0n) is 6.36. The van der Waals surface area contributed by atoms with Crippen molar-refractivity contribution in [2.75, 3.05) is 0 Å². The van der Waals surface area contributed by atoms with Crippen LogP contribution in [0.15, 0.2) is 16.9 Å². The SMILES string of the molecule is Cc1cc2[nH]cnc2c(Br)c1Cl. The predicted octanol–water partition coefficient (Wildman–Crippen LogP) is 3.29.